The van der Waals surface area contributed by atoms with E-state index in [2.05, 4.69) is 67.4 Å². The summed E-state index contributed by atoms with van der Waals surface area (Å²) in [5, 5.41) is 2.17. The van der Waals surface area contributed by atoms with Crippen molar-refractivity contribution in [3.8, 4) is 22.4 Å². The van der Waals surface area contributed by atoms with Gasteiger partial charge in [0.05, 0.1) is 5.69 Å². The number of nitrogens with zero attached hydrogens (tertiary/aromatic N) is 2. The topological polar surface area (TPSA) is 38.9 Å². The summed E-state index contributed by atoms with van der Waals surface area (Å²) in [5.41, 5.74) is 9.09. The Balaban J connectivity index is 1.78. The van der Waals surface area contributed by atoms with Crippen molar-refractivity contribution < 1.29 is 4.42 Å². The highest BCUT2D eigenvalue weighted by atomic mass is 16.3. The van der Waals surface area contributed by atoms with Crippen LogP contribution in [0.4, 0.5) is 0 Å². The number of aromatic nitrogens is 2. The first kappa shape index (κ1) is 16.7. The first-order valence-corrected chi connectivity index (χ1v) is 9.44. The van der Waals surface area contributed by atoms with Crippen molar-refractivity contribution in [2.24, 2.45) is 0 Å². The van der Waals surface area contributed by atoms with Gasteiger partial charge < -0.3 is 4.42 Å². The summed E-state index contributed by atoms with van der Waals surface area (Å²) in [5.74, 6) is 0. The van der Waals surface area contributed by atoms with E-state index in [1.54, 1.807) is 0 Å². The Labute approximate surface area is 163 Å². The van der Waals surface area contributed by atoms with Crippen LogP contribution in [0.25, 0.3) is 44.5 Å². The number of hydrogen-bond donors (Lipinski definition) is 0. The molecule has 3 nitrogen and oxygen atoms in total. The number of fused-ring (bicyclic) bond motifs is 3. The molecule has 2 aromatic carbocycles. The van der Waals surface area contributed by atoms with Crippen LogP contribution in [0.5, 0.6) is 0 Å². The third kappa shape index (κ3) is 2.59. The number of benzene rings is 2. The zero-order valence-corrected chi connectivity index (χ0v) is 16.2. The van der Waals surface area contributed by atoms with Gasteiger partial charge in [0.15, 0.2) is 0 Å². The molecule has 0 atom stereocenters. The van der Waals surface area contributed by atoms with E-state index in [9.17, 15) is 0 Å². The molecular formula is C25H20N2O. The van der Waals surface area contributed by atoms with Gasteiger partial charge in [-0.1, -0.05) is 36.4 Å². The van der Waals surface area contributed by atoms with Crippen LogP contribution < -0.4 is 0 Å². The fraction of sp³-hybridized carbons (Fsp3) is 0.120. The lowest BCUT2D eigenvalue weighted by Gasteiger charge is -2.10. The average Bonchev–Trinajstić information content (AvgIpc) is 3.09. The molecule has 0 bridgehead atoms. The number of furan rings is 1. The summed E-state index contributed by atoms with van der Waals surface area (Å²) in [7, 11) is 0. The Kier molecular flexibility index (Phi) is 3.76. The lowest BCUT2D eigenvalue weighted by Crippen LogP contribution is -1.90. The molecule has 0 aliphatic heterocycles. The summed E-state index contributed by atoms with van der Waals surface area (Å²) in [4.78, 5) is 9.30. The molecule has 0 aliphatic carbocycles. The summed E-state index contributed by atoms with van der Waals surface area (Å²) in [6.07, 6.45) is 1.94. The molecule has 0 spiro atoms. The van der Waals surface area contributed by atoms with E-state index in [-0.39, 0.29) is 0 Å². The van der Waals surface area contributed by atoms with Crippen LogP contribution in [0.15, 0.2) is 71.3 Å². The highest BCUT2D eigenvalue weighted by Crippen LogP contribution is 2.37. The van der Waals surface area contributed by atoms with Gasteiger partial charge in [-0.25, -0.2) is 4.98 Å². The number of aryl methyl sites for hydroxylation is 3. The number of pyridine rings is 2. The summed E-state index contributed by atoms with van der Waals surface area (Å²) in [6, 6.07) is 20.9. The van der Waals surface area contributed by atoms with Crippen LogP contribution in [0.2, 0.25) is 0 Å². The second kappa shape index (κ2) is 6.31. The van der Waals surface area contributed by atoms with Gasteiger partial charge in [0.2, 0.25) is 5.71 Å². The second-order valence-electron chi connectivity index (χ2n) is 7.29. The van der Waals surface area contributed by atoms with E-state index in [0.717, 1.165) is 38.9 Å². The standard InChI is InChI=1S/C25H20N2O/c1-15-9-11-19(24-23(15)20-12-10-17(3)27-25(20)28-24)22-13-21(16(2)14-26-22)18-7-5-4-6-8-18/h4-14H,1-3H3. The van der Waals surface area contributed by atoms with Crippen LogP contribution >= 0.6 is 0 Å². The molecule has 136 valence electrons. The molecule has 0 fully saturated rings. The Morgan fingerprint density at radius 1 is 0.786 bits per heavy atom. The fourth-order valence-electron chi connectivity index (χ4n) is 3.82. The molecular weight excluding hydrogens is 344 g/mol. The van der Waals surface area contributed by atoms with Gasteiger partial charge in [0.25, 0.3) is 0 Å². The van der Waals surface area contributed by atoms with Crippen molar-refractivity contribution in [2.45, 2.75) is 20.8 Å². The van der Waals surface area contributed by atoms with Crippen molar-refractivity contribution in [1.82, 2.24) is 9.97 Å². The zero-order valence-electron chi connectivity index (χ0n) is 16.2. The minimum Gasteiger partial charge on any atom is -0.437 e. The maximum absolute atomic E-state index is 6.22. The molecule has 0 N–H and O–H groups in total. The molecule has 28 heavy (non-hydrogen) atoms. The molecule has 3 heteroatoms. The minimum absolute atomic E-state index is 0.681. The third-order valence-electron chi connectivity index (χ3n) is 5.30. The summed E-state index contributed by atoms with van der Waals surface area (Å²) < 4.78 is 6.22. The Hall–Kier alpha value is -3.46. The van der Waals surface area contributed by atoms with E-state index in [1.165, 1.54) is 16.7 Å². The molecule has 0 saturated heterocycles. The minimum atomic E-state index is 0.681. The van der Waals surface area contributed by atoms with E-state index < -0.39 is 0 Å². The molecule has 3 aromatic heterocycles. The maximum atomic E-state index is 6.22. The van der Waals surface area contributed by atoms with Crippen molar-refractivity contribution in [3.63, 3.8) is 0 Å². The molecule has 0 saturated carbocycles. The lowest BCUT2D eigenvalue weighted by molar-refractivity contribution is 0.653. The van der Waals surface area contributed by atoms with Crippen molar-refractivity contribution in [2.75, 3.05) is 0 Å². The Morgan fingerprint density at radius 3 is 2.43 bits per heavy atom. The molecule has 3 heterocycles. The van der Waals surface area contributed by atoms with Gasteiger partial charge in [0.1, 0.15) is 5.58 Å². The number of rotatable bonds is 2. The van der Waals surface area contributed by atoms with Gasteiger partial charge in [0, 0.05) is 28.2 Å². The molecule has 0 aliphatic rings. The maximum Gasteiger partial charge on any atom is 0.227 e. The average molecular weight is 364 g/mol. The van der Waals surface area contributed by atoms with Crippen LogP contribution in [0.1, 0.15) is 16.8 Å². The largest absolute Gasteiger partial charge is 0.437 e. The molecule has 5 aromatic rings. The quantitative estimate of drug-likeness (QED) is 0.353. The van der Waals surface area contributed by atoms with Crippen molar-refractivity contribution in [1.29, 1.82) is 0 Å². The lowest BCUT2D eigenvalue weighted by atomic mass is 9.98. The highest BCUT2D eigenvalue weighted by Gasteiger charge is 2.17. The molecule has 5 rings (SSSR count). The molecule has 0 unspecified atom stereocenters. The summed E-state index contributed by atoms with van der Waals surface area (Å²) in [6.45, 7) is 6.19. The fourth-order valence-corrected chi connectivity index (χ4v) is 3.82. The Morgan fingerprint density at radius 2 is 1.61 bits per heavy atom. The van der Waals surface area contributed by atoms with Gasteiger partial charge in [-0.3, -0.25) is 4.98 Å². The van der Waals surface area contributed by atoms with Gasteiger partial charge in [-0.05, 0) is 67.3 Å². The predicted molar refractivity (Wildman–Crippen MR) is 114 cm³/mol. The Bertz CT molecular complexity index is 1330. The van der Waals surface area contributed by atoms with Crippen molar-refractivity contribution >= 4 is 22.1 Å². The molecule has 0 amide bonds. The van der Waals surface area contributed by atoms with Gasteiger partial charge in [-0.2, -0.15) is 0 Å². The smallest absolute Gasteiger partial charge is 0.227 e. The molecule has 0 radical (unpaired) electrons. The van der Waals surface area contributed by atoms with Gasteiger partial charge >= 0.3 is 0 Å². The second-order valence-corrected chi connectivity index (χ2v) is 7.29. The van der Waals surface area contributed by atoms with E-state index in [1.807, 2.05) is 25.3 Å². The first-order valence-electron chi connectivity index (χ1n) is 9.44. The van der Waals surface area contributed by atoms with Crippen LogP contribution in [-0.2, 0) is 0 Å². The SMILES string of the molecule is Cc1ccc2c(n1)oc1c(-c3cc(-c4ccccc4)c(C)cn3)ccc(C)c12. The van der Waals surface area contributed by atoms with E-state index in [4.69, 9.17) is 9.40 Å². The van der Waals surface area contributed by atoms with E-state index in [0.29, 0.717) is 5.71 Å². The highest BCUT2D eigenvalue weighted by molar-refractivity contribution is 6.10. The first-order chi connectivity index (χ1) is 13.6. The van der Waals surface area contributed by atoms with Crippen molar-refractivity contribution in [3.05, 3.63) is 83.7 Å². The van der Waals surface area contributed by atoms with E-state index >= 15 is 0 Å². The van der Waals surface area contributed by atoms with Crippen LogP contribution in [0, 0.1) is 20.8 Å². The number of hydrogen-bond acceptors (Lipinski definition) is 3. The third-order valence-corrected chi connectivity index (χ3v) is 5.30. The van der Waals surface area contributed by atoms with Crippen LogP contribution in [0.3, 0.4) is 0 Å². The van der Waals surface area contributed by atoms with Crippen LogP contribution in [-0.4, -0.2) is 9.97 Å². The normalized spacial score (nSPS) is 11.4. The predicted octanol–water partition coefficient (Wildman–Crippen LogP) is 6.64. The monoisotopic (exact) mass is 364 g/mol. The zero-order chi connectivity index (χ0) is 19.3. The summed E-state index contributed by atoms with van der Waals surface area (Å²) >= 11 is 0. The van der Waals surface area contributed by atoms with Gasteiger partial charge in [-0.15, -0.1) is 0 Å².